The number of rotatable bonds is 7. The maximum absolute atomic E-state index is 12.1. The Morgan fingerprint density at radius 1 is 1.26 bits per heavy atom. The Morgan fingerprint density at radius 3 is 2.61 bits per heavy atom. The number of carboxylic acid groups (broad SMARTS) is 1. The average Bonchev–Trinajstić information content (AvgIpc) is 2.54. The van der Waals surface area contributed by atoms with Gasteiger partial charge in [-0.05, 0) is 24.3 Å². The van der Waals surface area contributed by atoms with Crippen LogP contribution in [-0.2, 0) is 14.3 Å². The van der Waals surface area contributed by atoms with Crippen molar-refractivity contribution in [3.05, 3.63) is 35.9 Å². The Balaban J connectivity index is 1.88. The van der Waals surface area contributed by atoms with E-state index in [1.54, 1.807) is 0 Å². The Hall–Kier alpha value is -1.88. The molecule has 1 aliphatic rings. The first-order valence-electron chi connectivity index (χ1n) is 8.24. The molecule has 0 saturated heterocycles. The minimum absolute atomic E-state index is 0.0159. The Labute approximate surface area is 137 Å². The summed E-state index contributed by atoms with van der Waals surface area (Å²) in [5, 5.41) is 11.8. The number of carboxylic acids is 1. The summed E-state index contributed by atoms with van der Waals surface area (Å²) >= 11 is 0. The number of carbonyl (C=O) groups is 2. The quantitative estimate of drug-likeness (QED) is 0.810. The van der Waals surface area contributed by atoms with Gasteiger partial charge in [-0.15, -0.1) is 0 Å². The molecule has 1 aromatic rings. The van der Waals surface area contributed by atoms with Crippen LogP contribution in [0, 0.1) is 5.92 Å². The topological polar surface area (TPSA) is 75.6 Å². The highest BCUT2D eigenvalue weighted by atomic mass is 16.5. The molecule has 1 aromatic carbocycles. The third-order valence-corrected chi connectivity index (χ3v) is 4.38. The normalized spacial score (nSPS) is 22.3. The molecule has 0 heterocycles. The van der Waals surface area contributed by atoms with Gasteiger partial charge in [0, 0.05) is 0 Å². The lowest BCUT2D eigenvalue weighted by atomic mass is 9.88. The van der Waals surface area contributed by atoms with Gasteiger partial charge in [-0.2, -0.15) is 0 Å². The predicted octanol–water partition coefficient (Wildman–Crippen LogP) is 2.91. The second kappa shape index (κ2) is 8.67. The zero-order valence-corrected chi connectivity index (χ0v) is 13.5. The second-order valence-corrected chi connectivity index (χ2v) is 6.24. The van der Waals surface area contributed by atoms with E-state index in [1.807, 2.05) is 30.3 Å². The molecule has 1 amide bonds. The predicted molar refractivity (Wildman–Crippen MR) is 87.0 cm³/mol. The van der Waals surface area contributed by atoms with Gasteiger partial charge in [0.2, 0.25) is 5.91 Å². The van der Waals surface area contributed by atoms with E-state index in [1.165, 1.54) is 6.42 Å². The lowest BCUT2D eigenvalue weighted by molar-refractivity contribution is -0.138. The molecule has 0 bridgehead atoms. The first-order valence-corrected chi connectivity index (χ1v) is 8.24. The van der Waals surface area contributed by atoms with Crippen molar-refractivity contribution >= 4 is 11.9 Å². The number of amides is 1. The van der Waals surface area contributed by atoms with Crippen LogP contribution in [0.5, 0.6) is 0 Å². The van der Waals surface area contributed by atoms with Crippen LogP contribution in [0.2, 0.25) is 0 Å². The minimum atomic E-state index is -0.944. The van der Waals surface area contributed by atoms with Gasteiger partial charge in [0.05, 0.1) is 18.6 Å². The molecule has 126 valence electrons. The Bertz CT molecular complexity index is 517. The van der Waals surface area contributed by atoms with Crippen molar-refractivity contribution in [2.24, 2.45) is 5.92 Å². The minimum Gasteiger partial charge on any atom is -0.481 e. The summed E-state index contributed by atoms with van der Waals surface area (Å²) < 4.78 is 5.74. The fraction of sp³-hybridized carbons (Fsp3) is 0.556. The lowest BCUT2D eigenvalue weighted by Crippen LogP contribution is -2.36. The van der Waals surface area contributed by atoms with Gasteiger partial charge in [-0.25, -0.2) is 0 Å². The fourth-order valence-electron chi connectivity index (χ4n) is 3.06. The maximum atomic E-state index is 12.1. The van der Waals surface area contributed by atoms with Crippen LogP contribution in [-0.4, -0.2) is 29.7 Å². The van der Waals surface area contributed by atoms with E-state index >= 15 is 0 Å². The highest BCUT2D eigenvalue weighted by molar-refractivity contribution is 5.78. The van der Waals surface area contributed by atoms with E-state index in [4.69, 9.17) is 9.84 Å². The summed E-state index contributed by atoms with van der Waals surface area (Å²) in [6.07, 6.45) is 4.48. The van der Waals surface area contributed by atoms with Crippen LogP contribution in [0.3, 0.4) is 0 Å². The smallest absolute Gasteiger partial charge is 0.305 e. The molecular formula is C18H25NO4. The molecule has 1 fully saturated rings. The number of carbonyl (C=O) groups excluding carboxylic acids is 1. The summed E-state index contributed by atoms with van der Waals surface area (Å²) in [5.41, 5.74) is 0.786. The van der Waals surface area contributed by atoms with Gasteiger partial charge < -0.3 is 15.2 Å². The Kier molecular flexibility index (Phi) is 6.59. The number of hydrogen-bond donors (Lipinski definition) is 2. The third kappa shape index (κ3) is 5.67. The monoisotopic (exact) mass is 319 g/mol. The molecule has 2 rings (SSSR count). The summed E-state index contributed by atoms with van der Waals surface area (Å²) in [6, 6.07) is 8.62. The number of benzene rings is 1. The van der Waals surface area contributed by atoms with Crippen molar-refractivity contribution in [3.63, 3.8) is 0 Å². The standard InChI is InChI=1S/C18H25NO4/c1-13-7-5-6-10-16(13)23-12-17(20)19-15(11-18(21)22)14-8-3-2-4-9-14/h2-4,8-9,13,15-16H,5-7,10-12H2,1H3,(H,19,20)(H,21,22). The lowest BCUT2D eigenvalue weighted by Gasteiger charge is -2.28. The summed E-state index contributed by atoms with van der Waals surface area (Å²) in [6.45, 7) is 2.14. The highest BCUT2D eigenvalue weighted by Gasteiger charge is 2.23. The molecule has 23 heavy (non-hydrogen) atoms. The zero-order chi connectivity index (χ0) is 16.7. The second-order valence-electron chi connectivity index (χ2n) is 6.24. The molecular weight excluding hydrogens is 294 g/mol. The van der Waals surface area contributed by atoms with Crippen LogP contribution in [0.4, 0.5) is 0 Å². The van der Waals surface area contributed by atoms with Crippen molar-refractivity contribution in [2.45, 2.75) is 51.2 Å². The van der Waals surface area contributed by atoms with Crippen LogP contribution in [0.15, 0.2) is 30.3 Å². The largest absolute Gasteiger partial charge is 0.481 e. The van der Waals surface area contributed by atoms with E-state index in [0.29, 0.717) is 5.92 Å². The zero-order valence-electron chi connectivity index (χ0n) is 13.5. The maximum Gasteiger partial charge on any atom is 0.305 e. The first-order chi connectivity index (χ1) is 11.1. The fourth-order valence-corrected chi connectivity index (χ4v) is 3.06. The molecule has 0 radical (unpaired) electrons. The van der Waals surface area contributed by atoms with Crippen LogP contribution < -0.4 is 5.32 Å². The number of nitrogens with one attached hydrogen (secondary N) is 1. The van der Waals surface area contributed by atoms with Gasteiger partial charge >= 0.3 is 5.97 Å². The van der Waals surface area contributed by atoms with Gasteiger partial charge in [0.1, 0.15) is 6.61 Å². The van der Waals surface area contributed by atoms with Gasteiger partial charge in [-0.1, -0.05) is 50.1 Å². The van der Waals surface area contributed by atoms with Crippen molar-refractivity contribution in [2.75, 3.05) is 6.61 Å². The number of aliphatic carboxylic acids is 1. The summed E-state index contributed by atoms with van der Waals surface area (Å²) in [5.74, 6) is -0.737. The SMILES string of the molecule is CC1CCCCC1OCC(=O)NC(CC(=O)O)c1ccccc1. The van der Waals surface area contributed by atoms with Crippen molar-refractivity contribution in [1.82, 2.24) is 5.32 Å². The number of hydrogen-bond acceptors (Lipinski definition) is 3. The van der Waals surface area contributed by atoms with Gasteiger partial charge in [0.25, 0.3) is 0 Å². The van der Waals surface area contributed by atoms with Crippen molar-refractivity contribution in [3.8, 4) is 0 Å². The summed E-state index contributed by atoms with van der Waals surface area (Å²) in [7, 11) is 0. The van der Waals surface area contributed by atoms with E-state index in [0.717, 1.165) is 24.8 Å². The molecule has 2 N–H and O–H groups in total. The first kappa shape index (κ1) is 17.5. The Morgan fingerprint density at radius 2 is 1.96 bits per heavy atom. The van der Waals surface area contributed by atoms with E-state index < -0.39 is 12.0 Å². The molecule has 5 heteroatoms. The summed E-state index contributed by atoms with van der Waals surface area (Å²) in [4.78, 5) is 23.2. The molecule has 0 aliphatic heterocycles. The van der Waals surface area contributed by atoms with Crippen LogP contribution >= 0.6 is 0 Å². The van der Waals surface area contributed by atoms with E-state index in [2.05, 4.69) is 12.2 Å². The third-order valence-electron chi connectivity index (χ3n) is 4.38. The number of ether oxygens (including phenoxy) is 1. The van der Waals surface area contributed by atoms with Gasteiger partial charge in [0.15, 0.2) is 0 Å². The molecule has 1 aliphatic carbocycles. The van der Waals surface area contributed by atoms with Crippen LogP contribution in [0.25, 0.3) is 0 Å². The van der Waals surface area contributed by atoms with E-state index in [-0.39, 0.29) is 25.0 Å². The van der Waals surface area contributed by atoms with Crippen LogP contribution in [0.1, 0.15) is 50.6 Å². The molecule has 1 saturated carbocycles. The van der Waals surface area contributed by atoms with Gasteiger partial charge in [-0.3, -0.25) is 9.59 Å². The molecule has 5 nitrogen and oxygen atoms in total. The van der Waals surface area contributed by atoms with Crippen molar-refractivity contribution < 1.29 is 19.4 Å². The average molecular weight is 319 g/mol. The molecule has 3 atom stereocenters. The molecule has 3 unspecified atom stereocenters. The molecule has 0 aromatic heterocycles. The van der Waals surface area contributed by atoms with Crippen molar-refractivity contribution in [1.29, 1.82) is 0 Å². The van der Waals surface area contributed by atoms with E-state index in [9.17, 15) is 9.59 Å². The molecule has 0 spiro atoms. The highest BCUT2D eigenvalue weighted by Crippen LogP contribution is 2.26.